The van der Waals surface area contributed by atoms with Crippen molar-refractivity contribution in [1.29, 1.82) is 0 Å². The van der Waals surface area contributed by atoms with E-state index >= 15 is 0 Å². The number of hydrogen-bond donors (Lipinski definition) is 1. The van der Waals surface area contributed by atoms with E-state index in [0.29, 0.717) is 12.0 Å². The van der Waals surface area contributed by atoms with Gasteiger partial charge in [-0.25, -0.2) is 9.97 Å². The second-order valence-corrected chi connectivity index (χ2v) is 7.44. The summed E-state index contributed by atoms with van der Waals surface area (Å²) in [4.78, 5) is 25.5. The Labute approximate surface area is 188 Å². The summed E-state index contributed by atoms with van der Waals surface area (Å²) >= 11 is 0. The maximum Gasteiger partial charge on any atom is 0.416 e. The van der Waals surface area contributed by atoms with Crippen LogP contribution in [-0.4, -0.2) is 20.9 Å². The molecule has 0 spiro atoms. The van der Waals surface area contributed by atoms with Gasteiger partial charge >= 0.3 is 6.18 Å². The van der Waals surface area contributed by atoms with Crippen molar-refractivity contribution in [2.45, 2.75) is 19.5 Å². The molecule has 0 saturated heterocycles. The molecule has 0 fully saturated rings. The number of hydrogen-bond acceptors (Lipinski definition) is 4. The van der Waals surface area contributed by atoms with Gasteiger partial charge < -0.3 is 5.32 Å². The number of benzene rings is 2. The average Bonchev–Trinajstić information content (AvgIpc) is 2.81. The van der Waals surface area contributed by atoms with Crippen molar-refractivity contribution in [3.63, 3.8) is 0 Å². The lowest BCUT2D eigenvalue weighted by Gasteiger charge is -2.12. The summed E-state index contributed by atoms with van der Waals surface area (Å²) in [5, 5.41) is 2.65. The number of alkyl halides is 3. The van der Waals surface area contributed by atoms with Crippen LogP contribution in [0.25, 0.3) is 11.3 Å². The SMILES string of the molecule is Cc1ccc(C(=O)Nc2ccc(C(F)(F)F)cc2)cc1Cc1ncccc1-c1ccncn1. The lowest BCUT2D eigenvalue weighted by Crippen LogP contribution is -2.13. The lowest BCUT2D eigenvalue weighted by atomic mass is 9.97. The van der Waals surface area contributed by atoms with Crippen LogP contribution in [-0.2, 0) is 12.6 Å². The fourth-order valence-corrected chi connectivity index (χ4v) is 3.39. The van der Waals surface area contributed by atoms with E-state index < -0.39 is 17.6 Å². The minimum atomic E-state index is -4.43. The van der Waals surface area contributed by atoms with Crippen molar-refractivity contribution < 1.29 is 18.0 Å². The first kappa shape index (κ1) is 22.1. The molecule has 5 nitrogen and oxygen atoms in total. The monoisotopic (exact) mass is 448 g/mol. The van der Waals surface area contributed by atoms with Gasteiger partial charge in [-0.1, -0.05) is 6.07 Å². The van der Waals surface area contributed by atoms with E-state index in [1.54, 1.807) is 30.6 Å². The smallest absolute Gasteiger partial charge is 0.322 e. The van der Waals surface area contributed by atoms with E-state index in [-0.39, 0.29) is 5.69 Å². The Morgan fingerprint density at radius 3 is 2.45 bits per heavy atom. The van der Waals surface area contributed by atoms with Gasteiger partial charge in [0.05, 0.1) is 17.0 Å². The topological polar surface area (TPSA) is 67.8 Å². The first-order valence-electron chi connectivity index (χ1n) is 10.1. The van der Waals surface area contributed by atoms with E-state index in [9.17, 15) is 18.0 Å². The van der Waals surface area contributed by atoms with E-state index in [0.717, 1.165) is 40.2 Å². The summed E-state index contributed by atoms with van der Waals surface area (Å²) in [6.07, 6.45) is 0.897. The Morgan fingerprint density at radius 1 is 0.970 bits per heavy atom. The molecule has 0 radical (unpaired) electrons. The van der Waals surface area contributed by atoms with E-state index in [4.69, 9.17) is 0 Å². The normalized spacial score (nSPS) is 11.3. The Kier molecular flexibility index (Phi) is 6.17. The molecular weight excluding hydrogens is 429 g/mol. The van der Waals surface area contributed by atoms with Crippen LogP contribution in [0.15, 0.2) is 79.4 Å². The van der Waals surface area contributed by atoms with Gasteiger partial charge in [-0.15, -0.1) is 0 Å². The second-order valence-electron chi connectivity index (χ2n) is 7.44. The number of carbonyl (C=O) groups excluding carboxylic acids is 1. The van der Waals surface area contributed by atoms with Gasteiger partial charge in [0.2, 0.25) is 0 Å². The van der Waals surface area contributed by atoms with Crippen molar-refractivity contribution >= 4 is 11.6 Å². The van der Waals surface area contributed by atoms with Gasteiger partial charge in [0.1, 0.15) is 6.33 Å². The summed E-state index contributed by atoms with van der Waals surface area (Å²) in [7, 11) is 0. The zero-order valence-corrected chi connectivity index (χ0v) is 17.6. The number of halogens is 3. The molecule has 0 atom stereocenters. The Bertz CT molecular complexity index is 1270. The molecule has 33 heavy (non-hydrogen) atoms. The van der Waals surface area contributed by atoms with Gasteiger partial charge in [-0.3, -0.25) is 9.78 Å². The first-order valence-corrected chi connectivity index (χ1v) is 10.1. The van der Waals surface area contributed by atoms with Crippen LogP contribution in [0.3, 0.4) is 0 Å². The van der Waals surface area contributed by atoms with Crippen molar-refractivity contribution in [2.24, 2.45) is 0 Å². The molecule has 0 aliphatic rings. The second kappa shape index (κ2) is 9.20. The molecule has 2 aromatic carbocycles. The Hall–Kier alpha value is -4.07. The third-order valence-electron chi connectivity index (χ3n) is 5.19. The van der Waals surface area contributed by atoms with Crippen LogP contribution in [0.5, 0.6) is 0 Å². The van der Waals surface area contributed by atoms with E-state index in [2.05, 4.69) is 20.3 Å². The lowest BCUT2D eigenvalue weighted by molar-refractivity contribution is -0.137. The van der Waals surface area contributed by atoms with Crippen LogP contribution in [0.1, 0.15) is 32.7 Å². The standard InChI is InChI=1S/C25H19F3N4O/c1-16-4-5-17(24(33)32-20-8-6-19(7-9-20)25(26,27)28)13-18(16)14-23-21(3-2-11-30-23)22-10-12-29-15-31-22/h2-13,15H,14H2,1H3,(H,32,33). The first-order chi connectivity index (χ1) is 15.8. The van der Waals surface area contributed by atoms with Crippen LogP contribution in [0, 0.1) is 6.92 Å². The number of carbonyl (C=O) groups is 1. The molecule has 0 unspecified atom stereocenters. The molecule has 4 aromatic rings. The number of nitrogens with one attached hydrogen (secondary N) is 1. The van der Waals surface area contributed by atoms with E-state index in [1.807, 2.05) is 25.1 Å². The van der Waals surface area contributed by atoms with Gasteiger partial charge in [-0.05, 0) is 72.6 Å². The predicted octanol–water partition coefficient (Wildman–Crippen LogP) is 5.71. The number of pyridine rings is 1. The zero-order valence-electron chi connectivity index (χ0n) is 17.6. The summed E-state index contributed by atoms with van der Waals surface area (Å²) in [6.45, 7) is 1.94. The number of rotatable bonds is 5. The summed E-state index contributed by atoms with van der Waals surface area (Å²) in [6, 6.07) is 15.2. The fourth-order valence-electron chi connectivity index (χ4n) is 3.39. The third-order valence-corrected chi connectivity index (χ3v) is 5.19. The van der Waals surface area contributed by atoms with Gasteiger partial charge in [-0.2, -0.15) is 13.2 Å². The minimum Gasteiger partial charge on any atom is -0.322 e. The average molecular weight is 448 g/mol. The highest BCUT2D eigenvalue weighted by Crippen LogP contribution is 2.30. The van der Waals surface area contributed by atoms with Crippen LogP contribution in [0.4, 0.5) is 18.9 Å². The van der Waals surface area contributed by atoms with E-state index in [1.165, 1.54) is 18.5 Å². The summed E-state index contributed by atoms with van der Waals surface area (Å²) in [5.74, 6) is -0.409. The quantitative estimate of drug-likeness (QED) is 0.425. The number of nitrogens with zero attached hydrogens (tertiary/aromatic N) is 3. The van der Waals surface area contributed by atoms with Gasteiger partial charge in [0.15, 0.2) is 0 Å². The molecule has 0 saturated carbocycles. The Morgan fingerprint density at radius 2 is 1.76 bits per heavy atom. The maximum atomic E-state index is 12.7. The minimum absolute atomic E-state index is 0.283. The molecule has 4 rings (SSSR count). The molecule has 2 heterocycles. The Balaban J connectivity index is 1.56. The maximum absolute atomic E-state index is 12.7. The highest BCUT2D eigenvalue weighted by Gasteiger charge is 2.30. The summed E-state index contributed by atoms with van der Waals surface area (Å²) in [5.41, 5.74) is 4.23. The molecule has 1 N–H and O–H groups in total. The number of amides is 1. The summed E-state index contributed by atoms with van der Waals surface area (Å²) < 4.78 is 38.2. The van der Waals surface area contributed by atoms with Crippen LogP contribution < -0.4 is 5.32 Å². The molecule has 8 heteroatoms. The molecule has 0 bridgehead atoms. The molecule has 166 valence electrons. The van der Waals surface area contributed by atoms with Crippen molar-refractivity contribution in [1.82, 2.24) is 15.0 Å². The van der Waals surface area contributed by atoms with Crippen molar-refractivity contribution in [2.75, 3.05) is 5.32 Å². The zero-order chi connectivity index (χ0) is 23.4. The number of aryl methyl sites for hydroxylation is 1. The predicted molar refractivity (Wildman–Crippen MR) is 119 cm³/mol. The third kappa shape index (κ3) is 5.23. The molecule has 0 aliphatic carbocycles. The van der Waals surface area contributed by atoms with Gasteiger partial charge in [0.25, 0.3) is 5.91 Å². The highest BCUT2D eigenvalue weighted by atomic mass is 19.4. The number of anilines is 1. The van der Waals surface area contributed by atoms with Crippen molar-refractivity contribution in [3.05, 3.63) is 107 Å². The largest absolute Gasteiger partial charge is 0.416 e. The molecule has 2 aromatic heterocycles. The van der Waals surface area contributed by atoms with Crippen LogP contribution >= 0.6 is 0 Å². The van der Waals surface area contributed by atoms with Gasteiger partial charge in [0, 0.05) is 35.6 Å². The van der Waals surface area contributed by atoms with Crippen molar-refractivity contribution in [3.8, 4) is 11.3 Å². The molecule has 0 aliphatic heterocycles. The highest BCUT2D eigenvalue weighted by molar-refractivity contribution is 6.04. The molecule has 1 amide bonds. The molecular formula is C25H19F3N4O. The fraction of sp³-hybridized carbons (Fsp3) is 0.120. The number of aromatic nitrogens is 3. The van der Waals surface area contributed by atoms with Crippen LogP contribution in [0.2, 0.25) is 0 Å².